The Kier molecular flexibility index (Phi) is 13.2. The van der Waals surface area contributed by atoms with Crippen LogP contribution in [0.15, 0.2) is 30.3 Å². The molecule has 0 aromatic heterocycles. The zero-order valence-corrected chi connectivity index (χ0v) is 23.4. The Labute approximate surface area is 226 Å². The van der Waals surface area contributed by atoms with Crippen molar-refractivity contribution in [2.45, 2.75) is 32.2 Å². The van der Waals surface area contributed by atoms with Gasteiger partial charge in [-0.05, 0) is 50.0 Å². The third kappa shape index (κ3) is 7.09. The fourth-order valence-corrected chi connectivity index (χ4v) is 4.41. The maximum atomic E-state index is 13.6. The minimum Gasteiger partial charge on any atom is -0.492 e. The average Bonchev–Trinajstić information content (AvgIpc) is 2.88. The molecule has 202 valence electrons. The van der Waals surface area contributed by atoms with Crippen LogP contribution < -0.4 is 24.7 Å². The fourth-order valence-electron chi connectivity index (χ4n) is 4.41. The number of halogens is 2. The normalized spacial score (nSPS) is 13.7. The number of nitrogens with zero attached hydrogens (tertiary/aromatic N) is 2. The lowest BCUT2D eigenvalue weighted by molar-refractivity contribution is 0.0642. The van der Waals surface area contributed by atoms with E-state index < -0.39 is 0 Å². The van der Waals surface area contributed by atoms with E-state index in [2.05, 4.69) is 11.8 Å². The molecule has 1 aliphatic heterocycles. The van der Waals surface area contributed by atoms with Crippen molar-refractivity contribution in [3.05, 3.63) is 41.5 Å². The SMILES string of the molecule is CCN1CCC(N(C)C(=O)c2cc(Oc3ccc(CCN)cc3)c(OC)c(OC)c2OC)CC1.Cl.Cl. The molecule has 0 spiro atoms. The molecule has 1 aliphatic rings. The Morgan fingerprint density at radius 2 is 1.58 bits per heavy atom. The molecule has 8 nitrogen and oxygen atoms in total. The molecule has 1 heterocycles. The molecule has 1 saturated heterocycles. The van der Waals surface area contributed by atoms with Crippen LogP contribution >= 0.6 is 24.8 Å². The van der Waals surface area contributed by atoms with E-state index >= 15 is 0 Å². The molecule has 0 bridgehead atoms. The van der Waals surface area contributed by atoms with E-state index in [0.29, 0.717) is 40.9 Å². The minimum atomic E-state index is -0.143. The van der Waals surface area contributed by atoms with Crippen molar-refractivity contribution in [2.75, 3.05) is 54.6 Å². The number of methoxy groups -OCH3 is 3. The van der Waals surface area contributed by atoms with Crippen LogP contribution in [0.2, 0.25) is 0 Å². The second kappa shape index (κ2) is 15.0. The van der Waals surface area contributed by atoms with E-state index in [4.69, 9.17) is 24.7 Å². The number of amides is 1. The van der Waals surface area contributed by atoms with Crippen LogP contribution in [-0.2, 0) is 6.42 Å². The number of piperidine rings is 1. The number of benzene rings is 2. The monoisotopic (exact) mass is 543 g/mol. The molecule has 0 atom stereocenters. The summed E-state index contributed by atoms with van der Waals surface area (Å²) >= 11 is 0. The summed E-state index contributed by atoms with van der Waals surface area (Å²) in [7, 11) is 6.42. The lowest BCUT2D eigenvalue weighted by Gasteiger charge is -2.36. The van der Waals surface area contributed by atoms with Gasteiger partial charge in [0.05, 0.1) is 26.9 Å². The molecule has 0 saturated carbocycles. The predicted octanol–water partition coefficient (Wildman–Crippen LogP) is 4.41. The van der Waals surface area contributed by atoms with Crippen molar-refractivity contribution in [1.82, 2.24) is 9.80 Å². The van der Waals surface area contributed by atoms with Gasteiger partial charge in [0, 0.05) is 32.2 Å². The second-order valence-corrected chi connectivity index (χ2v) is 8.39. The molecule has 2 N–H and O–H groups in total. The molecular weight excluding hydrogens is 505 g/mol. The number of carbonyl (C=O) groups is 1. The van der Waals surface area contributed by atoms with E-state index in [-0.39, 0.29) is 36.8 Å². The van der Waals surface area contributed by atoms with E-state index in [1.807, 2.05) is 36.2 Å². The van der Waals surface area contributed by atoms with Crippen LogP contribution in [0.5, 0.6) is 28.7 Å². The number of hydrogen-bond donors (Lipinski definition) is 1. The minimum absolute atomic E-state index is 0. The number of likely N-dealkylation sites (tertiary alicyclic amines) is 1. The summed E-state index contributed by atoms with van der Waals surface area (Å²) < 4.78 is 23.0. The van der Waals surface area contributed by atoms with Crippen LogP contribution in [-0.4, -0.2) is 76.3 Å². The van der Waals surface area contributed by atoms with Crippen molar-refractivity contribution in [3.63, 3.8) is 0 Å². The topological polar surface area (TPSA) is 86.5 Å². The number of nitrogens with two attached hydrogens (primary N) is 1. The number of carbonyl (C=O) groups excluding carboxylic acids is 1. The molecule has 0 aliphatic carbocycles. The smallest absolute Gasteiger partial charge is 0.257 e. The first kappa shape index (κ1) is 31.6. The first-order valence-electron chi connectivity index (χ1n) is 11.8. The maximum absolute atomic E-state index is 13.6. The van der Waals surface area contributed by atoms with Crippen molar-refractivity contribution in [2.24, 2.45) is 5.73 Å². The van der Waals surface area contributed by atoms with Crippen LogP contribution in [0, 0.1) is 0 Å². The van der Waals surface area contributed by atoms with Crippen molar-refractivity contribution in [3.8, 4) is 28.7 Å². The molecule has 0 unspecified atom stereocenters. The fraction of sp³-hybridized carbons (Fsp3) is 0.500. The molecule has 2 aromatic rings. The Morgan fingerprint density at radius 1 is 1.00 bits per heavy atom. The number of rotatable bonds is 10. The molecular formula is C26H39Cl2N3O5. The van der Waals surface area contributed by atoms with Crippen molar-refractivity contribution >= 4 is 30.7 Å². The summed E-state index contributed by atoms with van der Waals surface area (Å²) in [6, 6.07) is 9.52. The van der Waals surface area contributed by atoms with Gasteiger partial charge in [-0.1, -0.05) is 19.1 Å². The van der Waals surface area contributed by atoms with Gasteiger partial charge in [0.15, 0.2) is 11.5 Å². The highest BCUT2D eigenvalue weighted by molar-refractivity contribution is 5.99. The Morgan fingerprint density at radius 3 is 2.08 bits per heavy atom. The lowest BCUT2D eigenvalue weighted by Crippen LogP contribution is -2.45. The zero-order chi connectivity index (χ0) is 24.7. The summed E-state index contributed by atoms with van der Waals surface area (Å²) in [5.41, 5.74) is 7.14. The van der Waals surface area contributed by atoms with Gasteiger partial charge in [0.2, 0.25) is 11.5 Å². The van der Waals surface area contributed by atoms with Gasteiger partial charge in [0.1, 0.15) is 5.75 Å². The lowest BCUT2D eigenvalue weighted by atomic mass is 10.0. The van der Waals surface area contributed by atoms with Gasteiger partial charge >= 0.3 is 0 Å². The van der Waals surface area contributed by atoms with Gasteiger partial charge in [-0.3, -0.25) is 4.79 Å². The zero-order valence-electron chi connectivity index (χ0n) is 21.7. The summed E-state index contributed by atoms with van der Waals surface area (Å²) in [5, 5.41) is 0. The van der Waals surface area contributed by atoms with E-state index in [9.17, 15) is 4.79 Å². The van der Waals surface area contributed by atoms with Gasteiger partial charge in [0.25, 0.3) is 5.91 Å². The number of ether oxygens (including phenoxy) is 4. The van der Waals surface area contributed by atoms with Crippen LogP contribution in [0.3, 0.4) is 0 Å². The summed E-state index contributed by atoms with van der Waals surface area (Å²) in [6.45, 7) is 5.74. The average molecular weight is 545 g/mol. The molecule has 2 aromatic carbocycles. The molecule has 0 radical (unpaired) electrons. The van der Waals surface area contributed by atoms with Crippen LogP contribution in [0.1, 0.15) is 35.7 Å². The molecule has 36 heavy (non-hydrogen) atoms. The quantitative estimate of drug-likeness (QED) is 0.475. The molecule has 3 rings (SSSR count). The summed E-state index contributed by atoms with van der Waals surface area (Å²) in [5.74, 6) is 1.86. The highest BCUT2D eigenvalue weighted by Gasteiger charge is 2.31. The first-order chi connectivity index (χ1) is 16.5. The van der Waals surface area contributed by atoms with Crippen LogP contribution in [0.25, 0.3) is 0 Å². The summed E-state index contributed by atoms with van der Waals surface area (Å²) in [6.07, 6.45) is 2.66. The van der Waals surface area contributed by atoms with Crippen molar-refractivity contribution < 1.29 is 23.7 Å². The Bertz CT molecular complexity index is 967. The standard InChI is InChI=1S/C26H37N3O5.2ClH/c1-6-29-15-12-19(13-16-29)28(2)26(30)21-17-22(24(32-4)25(33-5)23(21)31-3)34-20-9-7-18(8-10-20)11-14-27;;/h7-10,17,19H,6,11-16,27H2,1-5H3;2*1H. The van der Waals surface area contributed by atoms with E-state index in [1.54, 1.807) is 6.07 Å². The third-order valence-corrected chi connectivity index (χ3v) is 6.46. The third-order valence-electron chi connectivity index (χ3n) is 6.46. The van der Waals surface area contributed by atoms with Gasteiger partial charge in [-0.25, -0.2) is 0 Å². The summed E-state index contributed by atoms with van der Waals surface area (Å²) in [4.78, 5) is 17.8. The Balaban J connectivity index is 0.00000324. The second-order valence-electron chi connectivity index (χ2n) is 8.39. The highest BCUT2D eigenvalue weighted by Crippen LogP contribution is 2.48. The highest BCUT2D eigenvalue weighted by atomic mass is 35.5. The molecule has 1 amide bonds. The first-order valence-corrected chi connectivity index (χ1v) is 11.8. The molecule has 1 fully saturated rings. The van der Waals surface area contributed by atoms with E-state index in [0.717, 1.165) is 44.5 Å². The van der Waals surface area contributed by atoms with Gasteiger partial charge < -0.3 is 34.5 Å². The van der Waals surface area contributed by atoms with Gasteiger partial charge in [-0.15, -0.1) is 24.8 Å². The predicted molar refractivity (Wildman–Crippen MR) is 147 cm³/mol. The van der Waals surface area contributed by atoms with Gasteiger partial charge in [-0.2, -0.15) is 0 Å². The largest absolute Gasteiger partial charge is 0.492 e. The Hall–Kier alpha value is -2.39. The molecule has 10 heteroatoms. The maximum Gasteiger partial charge on any atom is 0.257 e. The van der Waals surface area contributed by atoms with Crippen LogP contribution in [0.4, 0.5) is 0 Å². The van der Waals surface area contributed by atoms with E-state index in [1.165, 1.54) is 21.3 Å². The number of hydrogen-bond acceptors (Lipinski definition) is 7. The van der Waals surface area contributed by atoms with Crippen molar-refractivity contribution in [1.29, 1.82) is 0 Å².